The molecule has 2 aromatic rings. The first-order chi connectivity index (χ1) is 9.16. The molecule has 19 heavy (non-hydrogen) atoms. The maximum absolute atomic E-state index is 12.6. The van der Waals surface area contributed by atoms with Gasteiger partial charge in [0.2, 0.25) is 0 Å². The third-order valence-corrected chi connectivity index (χ3v) is 4.00. The van der Waals surface area contributed by atoms with Crippen LogP contribution in [-0.4, -0.2) is 17.4 Å². The fourth-order valence-electron chi connectivity index (χ4n) is 2.69. The molecule has 98 valence electrons. The van der Waals surface area contributed by atoms with Gasteiger partial charge in [0.1, 0.15) is 5.69 Å². The molecular weight excluding hydrogens is 304 g/mol. The van der Waals surface area contributed by atoms with Gasteiger partial charge in [0, 0.05) is 17.2 Å². The molecule has 1 aliphatic rings. The summed E-state index contributed by atoms with van der Waals surface area (Å²) in [5.41, 5.74) is 4.15. The second-order valence-corrected chi connectivity index (χ2v) is 5.79. The van der Waals surface area contributed by atoms with Gasteiger partial charge in [-0.1, -0.05) is 18.2 Å². The predicted molar refractivity (Wildman–Crippen MR) is 79.7 cm³/mol. The average molecular weight is 319 g/mol. The number of carbonyl (C=O) groups excluding carboxylic acids is 1. The highest BCUT2D eigenvalue weighted by atomic mass is 79.9. The number of carbonyl (C=O) groups is 1. The molecule has 1 aromatic carbocycles. The number of hydrogen-bond donors (Lipinski definition) is 1. The largest absolute Gasteiger partial charge is 0.356 e. The van der Waals surface area contributed by atoms with Gasteiger partial charge in [-0.3, -0.25) is 4.79 Å². The zero-order valence-corrected chi connectivity index (χ0v) is 12.3. The van der Waals surface area contributed by atoms with Crippen molar-refractivity contribution in [2.45, 2.75) is 19.8 Å². The first-order valence-electron chi connectivity index (χ1n) is 6.41. The number of benzene rings is 1. The molecular formula is C15H15BrN2O. The summed E-state index contributed by atoms with van der Waals surface area (Å²) in [6.07, 6.45) is 3.86. The van der Waals surface area contributed by atoms with Gasteiger partial charge in [-0.25, -0.2) is 0 Å². The van der Waals surface area contributed by atoms with Gasteiger partial charge >= 0.3 is 0 Å². The highest BCUT2D eigenvalue weighted by molar-refractivity contribution is 9.10. The minimum atomic E-state index is 0.0425. The van der Waals surface area contributed by atoms with Crippen LogP contribution in [0.4, 0.5) is 5.69 Å². The lowest BCUT2D eigenvalue weighted by Crippen LogP contribution is -2.36. The van der Waals surface area contributed by atoms with Crippen LogP contribution in [0.3, 0.4) is 0 Å². The molecule has 0 radical (unpaired) electrons. The number of nitrogens with zero attached hydrogens (tertiary/aromatic N) is 1. The Hall–Kier alpha value is -1.55. The lowest BCUT2D eigenvalue weighted by Gasteiger charge is -2.30. The molecule has 4 heteroatoms. The maximum Gasteiger partial charge on any atom is 0.274 e. The summed E-state index contributed by atoms with van der Waals surface area (Å²) in [6.45, 7) is 2.85. The molecule has 0 saturated heterocycles. The van der Waals surface area contributed by atoms with Crippen molar-refractivity contribution in [2.24, 2.45) is 0 Å². The number of para-hydroxylation sites is 1. The molecule has 0 spiro atoms. The minimum absolute atomic E-state index is 0.0425. The van der Waals surface area contributed by atoms with E-state index in [1.807, 2.05) is 11.0 Å². The summed E-state index contributed by atoms with van der Waals surface area (Å²) in [6, 6.07) is 8.07. The van der Waals surface area contributed by atoms with Crippen molar-refractivity contribution < 1.29 is 4.79 Å². The van der Waals surface area contributed by atoms with E-state index in [-0.39, 0.29) is 5.91 Å². The van der Waals surface area contributed by atoms with E-state index in [0.717, 1.165) is 35.1 Å². The highest BCUT2D eigenvalue weighted by Gasteiger charge is 2.25. The van der Waals surface area contributed by atoms with Gasteiger partial charge in [-0.15, -0.1) is 0 Å². The smallest absolute Gasteiger partial charge is 0.274 e. The van der Waals surface area contributed by atoms with Crippen LogP contribution in [0.15, 0.2) is 34.9 Å². The topological polar surface area (TPSA) is 36.1 Å². The van der Waals surface area contributed by atoms with Crippen molar-refractivity contribution in [3.8, 4) is 0 Å². The molecule has 1 amide bonds. The van der Waals surface area contributed by atoms with Gasteiger partial charge in [0.05, 0.1) is 5.69 Å². The van der Waals surface area contributed by atoms with Gasteiger partial charge < -0.3 is 9.88 Å². The van der Waals surface area contributed by atoms with Gasteiger partial charge in [-0.05, 0) is 52.9 Å². The molecule has 0 aliphatic carbocycles. The number of fused-ring (bicyclic) bond motifs is 1. The fourth-order valence-corrected chi connectivity index (χ4v) is 3.03. The number of amides is 1. The van der Waals surface area contributed by atoms with Gasteiger partial charge in [0.15, 0.2) is 0 Å². The predicted octanol–water partition coefficient (Wildman–Crippen LogP) is 3.68. The minimum Gasteiger partial charge on any atom is -0.356 e. The summed E-state index contributed by atoms with van der Waals surface area (Å²) in [7, 11) is 0. The van der Waals surface area contributed by atoms with E-state index in [4.69, 9.17) is 0 Å². The Labute approximate surface area is 120 Å². The number of anilines is 1. The molecule has 3 nitrogen and oxygen atoms in total. The maximum atomic E-state index is 12.6. The van der Waals surface area contributed by atoms with Crippen LogP contribution in [0.2, 0.25) is 0 Å². The second kappa shape index (κ2) is 4.85. The number of nitrogens with one attached hydrogen (secondary N) is 1. The van der Waals surface area contributed by atoms with Crippen LogP contribution in [0, 0.1) is 6.92 Å². The zero-order valence-electron chi connectivity index (χ0n) is 10.7. The fraction of sp³-hybridized carbons (Fsp3) is 0.267. The van der Waals surface area contributed by atoms with Crippen LogP contribution < -0.4 is 4.90 Å². The van der Waals surface area contributed by atoms with Crippen LogP contribution in [0.1, 0.15) is 28.0 Å². The number of rotatable bonds is 1. The third-order valence-electron chi connectivity index (χ3n) is 3.54. The van der Waals surface area contributed by atoms with E-state index < -0.39 is 0 Å². The molecule has 0 bridgehead atoms. The summed E-state index contributed by atoms with van der Waals surface area (Å²) in [5, 5.41) is 0. The Morgan fingerprint density at radius 3 is 3.00 bits per heavy atom. The Bertz CT molecular complexity index is 633. The Morgan fingerprint density at radius 1 is 1.42 bits per heavy atom. The number of aryl methyl sites for hydroxylation is 2. The monoisotopic (exact) mass is 318 g/mol. The van der Waals surface area contributed by atoms with E-state index in [0.29, 0.717) is 5.69 Å². The molecule has 1 aromatic heterocycles. The van der Waals surface area contributed by atoms with Crippen LogP contribution >= 0.6 is 15.9 Å². The van der Waals surface area contributed by atoms with Crippen LogP contribution in [0.5, 0.6) is 0 Å². The van der Waals surface area contributed by atoms with E-state index in [1.165, 1.54) is 5.56 Å². The number of hydrogen-bond acceptors (Lipinski definition) is 1. The Balaban J connectivity index is 2.02. The molecule has 0 fully saturated rings. The molecule has 2 heterocycles. The summed E-state index contributed by atoms with van der Waals surface area (Å²) in [4.78, 5) is 17.5. The van der Waals surface area contributed by atoms with E-state index in [2.05, 4.69) is 46.0 Å². The lowest BCUT2D eigenvalue weighted by atomic mass is 9.98. The van der Waals surface area contributed by atoms with E-state index in [1.54, 1.807) is 6.20 Å². The normalized spacial score (nSPS) is 14.3. The van der Waals surface area contributed by atoms with Crippen molar-refractivity contribution in [1.29, 1.82) is 0 Å². The summed E-state index contributed by atoms with van der Waals surface area (Å²) < 4.78 is 0.901. The zero-order chi connectivity index (χ0) is 13.4. The Kier molecular flexibility index (Phi) is 3.19. The standard InChI is InChI=1S/C15H15BrN2O/c1-10-4-2-5-11-6-3-7-18(14(10)11)15(19)13-8-12(16)9-17-13/h2,4-5,8-9,17H,3,6-7H2,1H3. The van der Waals surface area contributed by atoms with Crippen molar-refractivity contribution in [3.63, 3.8) is 0 Å². The van der Waals surface area contributed by atoms with Gasteiger partial charge in [-0.2, -0.15) is 0 Å². The summed E-state index contributed by atoms with van der Waals surface area (Å²) >= 11 is 3.37. The highest BCUT2D eigenvalue weighted by Crippen LogP contribution is 2.31. The Morgan fingerprint density at radius 2 is 2.26 bits per heavy atom. The lowest BCUT2D eigenvalue weighted by molar-refractivity contribution is 0.0980. The third kappa shape index (κ3) is 2.21. The number of aromatic amines is 1. The quantitative estimate of drug-likeness (QED) is 0.855. The molecule has 0 unspecified atom stereocenters. The number of H-pyrrole nitrogens is 1. The summed E-state index contributed by atoms with van der Waals surface area (Å²) in [5.74, 6) is 0.0425. The van der Waals surface area contributed by atoms with Crippen molar-refractivity contribution >= 4 is 27.5 Å². The van der Waals surface area contributed by atoms with Crippen molar-refractivity contribution in [2.75, 3.05) is 11.4 Å². The number of halogens is 1. The van der Waals surface area contributed by atoms with Crippen molar-refractivity contribution in [3.05, 3.63) is 51.8 Å². The molecule has 0 atom stereocenters. The molecule has 3 rings (SSSR count). The molecule has 0 saturated carbocycles. The van der Waals surface area contributed by atoms with E-state index >= 15 is 0 Å². The van der Waals surface area contributed by atoms with Crippen LogP contribution in [0.25, 0.3) is 0 Å². The first kappa shape index (κ1) is 12.5. The van der Waals surface area contributed by atoms with Gasteiger partial charge in [0.25, 0.3) is 5.91 Å². The SMILES string of the molecule is Cc1cccc2c1N(C(=O)c1cc(Br)c[nH]1)CCC2. The van der Waals surface area contributed by atoms with Crippen LogP contribution in [-0.2, 0) is 6.42 Å². The van der Waals surface area contributed by atoms with E-state index in [9.17, 15) is 4.79 Å². The van der Waals surface area contributed by atoms with Crippen molar-refractivity contribution in [1.82, 2.24) is 4.98 Å². The second-order valence-electron chi connectivity index (χ2n) is 4.87. The average Bonchev–Trinajstić information content (AvgIpc) is 2.84. The number of aromatic nitrogens is 1. The molecule has 1 N–H and O–H groups in total. The first-order valence-corrected chi connectivity index (χ1v) is 7.20. The molecule has 1 aliphatic heterocycles.